The van der Waals surface area contributed by atoms with E-state index in [1.807, 2.05) is 0 Å². The number of hydrogen-bond donors (Lipinski definition) is 1. The average molecular weight is 234 g/mol. The quantitative estimate of drug-likeness (QED) is 0.797. The smallest absolute Gasteiger partial charge is 0.00973 e. The SMILES string of the molecule is Cc1ccc2ccccc2c1C1CNC1.Cl. The van der Waals surface area contributed by atoms with Crippen LogP contribution >= 0.6 is 12.4 Å². The van der Waals surface area contributed by atoms with Crippen LogP contribution in [0.2, 0.25) is 0 Å². The van der Waals surface area contributed by atoms with Gasteiger partial charge in [0.25, 0.3) is 0 Å². The Morgan fingerprint density at radius 2 is 1.81 bits per heavy atom. The minimum atomic E-state index is 0. The Kier molecular flexibility index (Phi) is 3.17. The van der Waals surface area contributed by atoms with Gasteiger partial charge in [0.05, 0.1) is 0 Å². The molecule has 2 heteroatoms. The van der Waals surface area contributed by atoms with Crippen molar-refractivity contribution in [2.75, 3.05) is 13.1 Å². The molecule has 0 amide bonds. The monoisotopic (exact) mass is 233 g/mol. The Labute approximate surface area is 102 Å². The van der Waals surface area contributed by atoms with Gasteiger partial charge < -0.3 is 5.32 Å². The second-order valence-corrected chi connectivity index (χ2v) is 4.37. The van der Waals surface area contributed by atoms with Crippen molar-refractivity contribution in [3.8, 4) is 0 Å². The molecule has 1 aliphatic heterocycles. The van der Waals surface area contributed by atoms with Gasteiger partial charge >= 0.3 is 0 Å². The first kappa shape index (κ1) is 11.4. The van der Waals surface area contributed by atoms with Crippen LogP contribution in [0.4, 0.5) is 0 Å². The minimum absolute atomic E-state index is 0. The maximum Gasteiger partial charge on any atom is 0.00973 e. The van der Waals surface area contributed by atoms with Crippen LogP contribution in [0, 0.1) is 6.92 Å². The third-order valence-corrected chi connectivity index (χ3v) is 3.38. The van der Waals surface area contributed by atoms with Crippen LogP contribution in [-0.2, 0) is 0 Å². The molecule has 1 saturated heterocycles. The fourth-order valence-corrected chi connectivity index (χ4v) is 2.44. The number of nitrogens with one attached hydrogen (secondary N) is 1. The van der Waals surface area contributed by atoms with Gasteiger partial charge in [-0.25, -0.2) is 0 Å². The van der Waals surface area contributed by atoms with Crippen LogP contribution in [0.1, 0.15) is 17.0 Å². The van der Waals surface area contributed by atoms with Crippen LogP contribution in [0.5, 0.6) is 0 Å². The van der Waals surface area contributed by atoms with Crippen molar-refractivity contribution in [3.05, 3.63) is 47.5 Å². The molecule has 1 heterocycles. The van der Waals surface area contributed by atoms with Crippen LogP contribution in [0.3, 0.4) is 0 Å². The van der Waals surface area contributed by atoms with Crippen LogP contribution in [0.15, 0.2) is 36.4 Å². The summed E-state index contributed by atoms with van der Waals surface area (Å²) in [7, 11) is 0. The third-order valence-electron chi connectivity index (χ3n) is 3.38. The number of benzene rings is 2. The summed E-state index contributed by atoms with van der Waals surface area (Å²) >= 11 is 0. The Bertz CT molecular complexity index is 503. The molecule has 84 valence electrons. The van der Waals surface area contributed by atoms with E-state index in [9.17, 15) is 0 Å². The molecule has 0 atom stereocenters. The number of halogens is 1. The lowest BCUT2D eigenvalue weighted by molar-refractivity contribution is 0.449. The first-order valence-electron chi connectivity index (χ1n) is 5.55. The van der Waals surface area contributed by atoms with Crippen molar-refractivity contribution in [3.63, 3.8) is 0 Å². The zero-order chi connectivity index (χ0) is 10.3. The summed E-state index contributed by atoms with van der Waals surface area (Å²) in [4.78, 5) is 0. The zero-order valence-corrected chi connectivity index (χ0v) is 10.2. The second-order valence-electron chi connectivity index (χ2n) is 4.37. The van der Waals surface area contributed by atoms with Gasteiger partial charge in [0.1, 0.15) is 0 Å². The van der Waals surface area contributed by atoms with E-state index < -0.39 is 0 Å². The molecule has 0 radical (unpaired) electrons. The van der Waals surface area contributed by atoms with Gasteiger partial charge in [0, 0.05) is 19.0 Å². The fraction of sp³-hybridized carbons (Fsp3) is 0.286. The lowest BCUT2D eigenvalue weighted by Crippen LogP contribution is -2.40. The first-order chi connectivity index (χ1) is 7.36. The second kappa shape index (κ2) is 4.44. The normalized spacial score (nSPS) is 15.6. The van der Waals surface area contributed by atoms with Crippen molar-refractivity contribution >= 4 is 23.2 Å². The summed E-state index contributed by atoms with van der Waals surface area (Å²) in [5, 5.41) is 6.15. The number of fused-ring (bicyclic) bond motifs is 1. The molecular weight excluding hydrogens is 218 g/mol. The molecule has 16 heavy (non-hydrogen) atoms. The average Bonchev–Trinajstić information content (AvgIpc) is 2.20. The summed E-state index contributed by atoms with van der Waals surface area (Å²) in [6.07, 6.45) is 0. The van der Waals surface area contributed by atoms with Crippen molar-refractivity contribution in [1.82, 2.24) is 5.32 Å². The summed E-state index contributed by atoms with van der Waals surface area (Å²) in [6, 6.07) is 13.2. The molecule has 0 spiro atoms. The van der Waals surface area contributed by atoms with E-state index in [4.69, 9.17) is 0 Å². The molecule has 0 aromatic heterocycles. The maximum atomic E-state index is 3.35. The van der Waals surface area contributed by atoms with Crippen LogP contribution < -0.4 is 5.32 Å². The molecule has 1 aliphatic rings. The topological polar surface area (TPSA) is 12.0 Å². The molecule has 1 N–H and O–H groups in total. The summed E-state index contributed by atoms with van der Waals surface area (Å²) in [5.74, 6) is 0.719. The summed E-state index contributed by atoms with van der Waals surface area (Å²) in [5.41, 5.74) is 2.98. The van der Waals surface area contributed by atoms with Crippen molar-refractivity contribution in [2.24, 2.45) is 0 Å². The lowest BCUT2D eigenvalue weighted by Gasteiger charge is -2.30. The summed E-state index contributed by atoms with van der Waals surface area (Å²) in [6.45, 7) is 4.49. The highest BCUT2D eigenvalue weighted by molar-refractivity contribution is 5.87. The van der Waals surface area contributed by atoms with E-state index in [0.717, 1.165) is 19.0 Å². The zero-order valence-electron chi connectivity index (χ0n) is 9.36. The number of hydrogen-bond acceptors (Lipinski definition) is 1. The molecule has 0 saturated carbocycles. The van der Waals surface area contributed by atoms with Gasteiger partial charge in [-0.2, -0.15) is 0 Å². The number of aryl methyl sites for hydroxylation is 1. The Morgan fingerprint density at radius 3 is 2.50 bits per heavy atom. The maximum absolute atomic E-state index is 3.35. The highest BCUT2D eigenvalue weighted by atomic mass is 35.5. The van der Waals surface area contributed by atoms with Gasteiger partial charge in [0.15, 0.2) is 0 Å². The largest absolute Gasteiger partial charge is 0.315 e. The van der Waals surface area contributed by atoms with E-state index >= 15 is 0 Å². The fourth-order valence-electron chi connectivity index (χ4n) is 2.44. The van der Waals surface area contributed by atoms with Crippen molar-refractivity contribution in [2.45, 2.75) is 12.8 Å². The van der Waals surface area contributed by atoms with Gasteiger partial charge in [-0.3, -0.25) is 0 Å². The predicted octanol–water partition coefficient (Wildman–Crippen LogP) is 3.26. The van der Waals surface area contributed by atoms with Gasteiger partial charge in [-0.05, 0) is 28.8 Å². The molecule has 2 aromatic rings. The Hall–Kier alpha value is -1.05. The lowest BCUT2D eigenvalue weighted by atomic mass is 9.86. The molecule has 0 aliphatic carbocycles. The van der Waals surface area contributed by atoms with E-state index in [-0.39, 0.29) is 12.4 Å². The van der Waals surface area contributed by atoms with Gasteiger partial charge in [0.2, 0.25) is 0 Å². The molecule has 2 aromatic carbocycles. The highest BCUT2D eigenvalue weighted by Crippen LogP contribution is 2.30. The number of rotatable bonds is 1. The van der Waals surface area contributed by atoms with Gasteiger partial charge in [-0.1, -0.05) is 36.4 Å². The van der Waals surface area contributed by atoms with E-state index in [1.54, 1.807) is 5.56 Å². The van der Waals surface area contributed by atoms with E-state index in [1.165, 1.54) is 16.3 Å². The van der Waals surface area contributed by atoms with Gasteiger partial charge in [-0.15, -0.1) is 12.4 Å². The molecular formula is C14H16ClN. The molecule has 0 bridgehead atoms. The van der Waals surface area contributed by atoms with E-state index in [2.05, 4.69) is 48.6 Å². The Balaban J connectivity index is 0.000000963. The minimum Gasteiger partial charge on any atom is -0.315 e. The molecule has 1 nitrogen and oxygen atoms in total. The highest BCUT2D eigenvalue weighted by Gasteiger charge is 2.22. The van der Waals surface area contributed by atoms with Crippen LogP contribution in [0.25, 0.3) is 10.8 Å². The Morgan fingerprint density at radius 1 is 1.06 bits per heavy atom. The van der Waals surface area contributed by atoms with Crippen molar-refractivity contribution in [1.29, 1.82) is 0 Å². The third kappa shape index (κ3) is 1.70. The molecule has 1 fully saturated rings. The van der Waals surface area contributed by atoms with E-state index in [0.29, 0.717) is 0 Å². The predicted molar refractivity (Wildman–Crippen MR) is 71.5 cm³/mol. The summed E-state index contributed by atoms with van der Waals surface area (Å²) < 4.78 is 0. The standard InChI is InChI=1S/C14H15N.ClH/c1-10-6-7-11-4-2-3-5-13(11)14(10)12-8-15-9-12;/h2-7,12,15H,8-9H2,1H3;1H. The van der Waals surface area contributed by atoms with Crippen LogP contribution in [-0.4, -0.2) is 13.1 Å². The van der Waals surface area contributed by atoms with Crippen molar-refractivity contribution < 1.29 is 0 Å². The molecule has 3 rings (SSSR count). The first-order valence-corrected chi connectivity index (χ1v) is 5.55. The molecule has 0 unspecified atom stereocenters.